The van der Waals surface area contributed by atoms with Crippen molar-refractivity contribution < 1.29 is 10.2 Å². The summed E-state index contributed by atoms with van der Waals surface area (Å²) in [5.74, 6) is 1.98. The number of likely N-dealkylation sites (N-methyl/N-ethyl adjacent to an activating group) is 1. The van der Waals surface area contributed by atoms with Crippen LogP contribution in [-0.4, -0.2) is 61.6 Å². The number of aliphatic hydroxyl groups is 2. The third-order valence-electron chi connectivity index (χ3n) is 9.08. The van der Waals surface area contributed by atoms with Crippen LogP contribution in [0.25, 0.3) is 0 Å². The van der Waals surface area contributed by atoms with Gasteiger partial charge in [-0.1, -0.05) is 26.0 Å². The number of nitrogens with one attached hydrogen (secondary N) is 1. The van der Waals surface area contributed by atoms with Crippen molar-refractivity contribution in [3.05, 3.63) is 12.2 Å². The van der Waals surface area contributed by atoms with Crippen LogP contribution in [-0.2, 0) is 0 Å². The molecule has 162 valence electrons. The maximum atomic E-state index is 10.5. The van der Waals surface area contributed by atoms with Gasteiger partial charge in [-0.05, 0) is 100 Å². The van der Waals surface area contributed by atoms with E-state index in [0.29, 0.717) is 30.3 Å². The molecule has 3 saturated carbocycles. The molecule has 3 aliphatic rings. The number of aliphatic hydroxyl groups excluding tert-OH is 2. The molecule has 0 amide bonds. The molecule has 0 aromatic rings. The monoisotopic (exact) mass is 392 g/mol. The molecule has 28 heavy (non-hydrogen) atoms. The van der Waals surface area contributed by atoms with Gasteiger partial charge < -0.3 is 20.4 Å². The first-order chi connectivity index (χ1) is 13.2. The molecular formula is C24H44N2O2. The molecule has 0 aromatic carbocycles. The van der Waals surface area contributed by atoms with E-state index < -0.39 is 0 Å². The Morgan fingerprint density at radius 2 is 1.89 bits per heavy atom. The second kappa shape index (κ2) is 8.75. The van der Waals surface area contributed by atoms with Gasteiger partial charge in [-0.15, -0.1) is 0 Å². The zero-order chi connectivity index (χ0) is 20.5. The summed E-state index contributed by atoms with van der Waals surface area (Å²) in [7, 11) is 4.22. The lowest BCUT2D eigenvalue weighted by Crippen LogP contribution is -2.53. The summed E-state index contributed by atoms with van der Waals surface area (Å²) >= 11 is 0. The second-order valence-electron chi connectivity index (χ2n) is 10.8. The first kappa shape index (κ1) is 22.3. The fourth-order valence-corrected chi connectivity index (χ4v) is 7.05. The average Bonchev–Trinajstić information content (AvgIpc) is 2.95. The highest BCUT2D eigenvalue weighted by atomic mass is 16.3. The van der Waals surface area contributed by atoms with Gasteiger partial charge in [-0.3, -0.25) is 0 Å². The average molecular weight is 393 g/mol. The molecule has 0 bridgehead atoms. The van der Waals surface area contributed by atoms with Crippen LogP contribution in [0.1, 0.15) is 58.8 Å². The first-order valence-corrected chi connectivity index (χ1v) is 11.5. The van der Waals surface area contributed by atoms with Crippen LogP contribution in [0.2, 0.25) is 0 Å². The maximum Gasteiger partial charge on any atom is 0.0543 e. The smallest absolute Gasteiger partial charge is 0.0543 e. The molecule has 0 heterocycles. The predicted octanol–water partition coefficient (Wildman–Crippen LogP) is 3.30. The van der Waals surface area contributed by atoms with Gasteiger partial charge in [0.25, 0.3) is 0 Å². The quantitative estimate of drug-likeness (QED) is 0.460. The van der Waals surface area contributed by atoms with E-state index in [1.807, 2.05) is 0 Å². The maximum absolute atomic E-state index is 10.5. The molecule has 3 aliphatic carbocycles. The normalized spacial score (nSPS) is 44.1. The molecule has 3 rings (SSSR count). The molecule has 3 fully saturated rings. The van der Waals surface area contributed by atoms with Gasteiger partial charge in [0.05, 0.1) is 6.10 Å². The van der Waals surface area contributed by atoms with E-state index in [9.17, 15) is 10.2 Å². The zero-order valence-corrected chi connectivity index (χ0v) is 18.7. The Labute approximate surface area is 172 Å². The van der Waals surface area contributed by atoms with Gasteiger partial charge in [0.1, 0.15) is 0 Å². The molecule has 4 heteroatoms. The summed E-state index contributed by atoms with van der Waals surface area (Å²) in [5.41, 5.74) is 1.84. The molecule has 0 aliphatic heterocycles. The zero-order valence-electron chi connectivity index (χ0n) is 18.7. The van der Waals surface area contributed by atoms with E-state index in [0.717, 1.165) is 45.3 Å². The van der Waals surface area contributed by atoms with Crippen molar-refractivity contribution in [3.63, 3.8) is 0 Å². The number of fused-ring (bicyclic) bond motifs is 1. The highest BCUT2D eigenvalue weighted by Crippen LogP contribution is 2.63. The van der Waals surface area contributed by atoms with Crippen molar-refractivity contribution in [1.29, 1.82) is 0 Å². The summed E-state index contributed by atoms with van der Waals surface area (Å²) in [6.45, 7) is 12.6. The lowest BCUT2D eigenvalue weighted by atomic mass is 9.49. The standard InChI is InChI=1S/C24H44N2O2/c1-17-6-7-21-20(16-27)22(9-11-23(17,21)2)24(3)10-8-19(28)14-18(24)15-25-12-13-26(4)5/h18-22,25,27-28H,1,6-16H2,2-5H3/t18-,19+,20-,21?,22?,23+,24+/m0/s1. The number of hydrogen-bond acceptors (Lipinski definition) is 4. The fraction of sp³-hybridized carbons (Fsp3) is 0.917. The number of allylic oxidation sites excluding steroid dienone is 1. The van der Waals surface area contributed by atoms with Gasteiger partial charge in [-0.2, -0.15) is 0 Å². The fourth-order valence-electron chi connectivity index (χ4n) is 7.05. The SMILES string of the molecule is C=C1CCC2[C@H](CO)C([C@]3(C)CC[C@@H](O)C[C@H]3CNCCN(C)C)CC[C@]12C. The Morgan fingerprint density at radius 1 is 1.14 bits per heavy atom. The van der Waals surface area contributed by atoms with Crippen LogP contribution in [0.3, 0.4) is 0 Å². The molecule has 4 nitrogen and oxygen atoms in total. The van der Waals surface area contributed by atoms with Gasteiger partial charge >= 0.3 is 0 Å². The first-order valence-electron chi connectivity index (χ1n) is 11.5. The van der Waals surface area contributed by atoms with Crippen molar-refractivity contribution in [2.24, 2.45) is 34.5 Å². The number of nitrogens with zero attached hydrogens (tertiary/aromatic N) is 1. The third kappa shape index (κ3) is 4.08. The van der Waals surface area contributed by atoms with Gasteiger partial charge in [0, 0.05) is 19.7 Å². The second-order valence-corrected chi connectivity index (χ2v) is 10.8. The Hall–Kier alpha value is -0.420. The van der Waals surface area contributed by atoms with E-state index in [1.165, 1.54) is 24.8 Å². The lowest BCUT2D eigenvalue weighted by Gasteiger charge is -2.56. The van der Waals surface area contributed by atoms with Crippen molar-refractivity contribution >= 4 is 0 Å². The molecule has 0 saturated heterocycles. The van der Waals surface area contributed by atoms with Crippen molar-refractivity contribution in [3.8, 4) is 0 Å². The summed E-state index contributed by atoms with van der Waals surface area (Å²) in [6, 6.07) is 0. The van der Waals surface area contributed by atoms with E-state index in [2.05, 4.69) is 44.7 Å². The lowest BCUT2D eigenvalue weighted by molar-refractivity contribution is -0.0929. The minimum Gasteiger partial charge on any atom is -0.396 e. The number of hydrogen-bond donors (Lipinski definition) is 3. The highest BCUT2D eigenvalue weighted by Gasteiger charge is 2.56. The van der Waals surface area contributed by atoms with Crippen LogP contribution < -0.4 is 5.32 Å². The molecular weight excluding hydrogens is 348 g/mol. The summed E-state index contributed by atoms with van der Waals surface area (Å²) in [4.78, 5) is 2.21. The largest absolute Gasteiger partial charge is 0.396 e. The molecule has 3 N–H and O–H groups in total. The topological polar surface area (TPSA) is 55.7 Å². The van der Waals surface area contributed by atoms with Crippen LogP contribution >= 0.6 is 0 Å². The van der Waals surface area contributed by atoms with E-state index in [-0.39, 0.29) is 16.9 Å². The molecule has 2 unspecified atom stereocenters. The van der Waals surface area contributed by atoms with E-state index in [1.54, 1.807) is 0 Å². The van der Waals surface area contributed by atoms with Crippen LogP contribution in [0.4, 0.5) is 0 Å². The Kier molecular flexibility index (Phi) is 6.96. The molecule has 7 atom stereocenters. The minimum absolute atomic E-state index is 0.165. The van der Waals surface area contributed by atoms with Crippen molar-refractivity contribution in [2.45, 2.75) is 64.9 Å². The van der Waals surface area contributed by atoms with E-state index in [4.69, 9.17) is 0 Å². The third-order valence-corrected chi connectivity index (χ3v) is 9.08. The predicted molar refractivity (Wildman–Crippen MR) is 116 cm³/mol. The Bertz CT molecular complexity index is 551. The summed E-state index contributed by atoms with van der Waals surface area (Å²) in [6.07, 6.45) is 7.47. The Balaban J connectivity index is 1.76. The van der Waals surface area contributed by atoms with Gasteiger partial charge in [0.15, 0.2) is 0 Å². The van der Waals surface area contributed by atoms with Gasteiger partial charge in [0.2, 0.25) is 0 Å². The highest BCUT2D eigenvalue weighted by molar-refractivity contribution is 5.20. The summed E-state index contributed by atoms with van der Waals surface area (Å²) in [5, 5.41) is 24.5. The summed E-state index contributed by atoms with van der Waals surface area (Å²) < 4.78 is 0. The van der Waals surface area contributed by atoms with Crippen LogP contribution in [0.5, 0.6) is 0 Å². The van der Waals surface area contributed by atoms with Gasteiger partial charge in [-0.25, -0.2) is 0 Å². The van der Waals surface area contributed by atoms with Crippen LogP contribution in [0, 0.1) is 34.5 Å². The number of rotatable bonds is 7. The Morgan fingerprint density at radius 3 is 2.57 bits per heavy atom. The van der Waals surface area contributed by atoms with Crippen LogP contribution in [0.15, 0.2) is 12.2 Å². The molecule has 0 spiro atoms. The van der Waals surface area contributed by atoms with Crippen molar-refractivity contribution in [1.82, 2.24) is 10.2 Å². The minimum atomic E-state index is -0.165. The van der Waals surface area contributed by atoms with Crippen molar-refractivity contribution in [2.75, 3.05) is 40.3 Å². The molecule has 0 aromatic heterocycles. The molecule has 0 radical (unpaired) electrons. The van der Waals surface area contributed by atoms with E-state index >= 15 is 0 Å².